The van der Waals surface area contributed by atoms with Crippen molar-refractivity contribution in [1.82, 2.24) is 15.2 Å². The highest BCUT2D eigenvalue weighted by Crippen LogP contribution is 2.43. The number of guanidine groups is 1. The van der Waals surface area contributed by atoms with Crippen LogP contribution < -0.4 is 5.32 Å². The molecule has 1 aromatic heterocycles. The fraction of sp³-hybridized carbons (Fsp3) is 0.765. The first-order valence-electron chi connectivity index (χ1n) is 8.65. The van der Waals surface area contributed by atoms with Crippen molar-refractivity contribution in [2.45, 2.75) is 58.9 Å². The first-order valence-corrected chi connectivity index (χ1v) is 9.53. The average Bonchev–Trinajstić information content (AvgIpc) is 3.12. The van der Waals surface area contributed by atoms with Crippen LogP contribution in [-0.4, -0.2) is 35.5 Å². The first-order chi connectivity index (χ1) is 10.7. The van der Waals surface area contributed by atoms with Gasteiger partial charge in [-0.1, -0.05) is 19.3 Å². The second-order valence-electron chi connectivity index (χ2n) is 6.76. The van der Waals surface area contributed by atoms with Crippen LogP contribution >= 0.6 is 35.3 Å². The zero-order chi connectivity index (χ0) is 15.4. The Bertz CT molecular complexity index is 522. The van der Waals surface area contributed by atoms with E-state index in [0.717, 1.165) is 31.3 Å². The van der Waals surface area contributed by atoms with Crippen LogP contribution in [0.4, 0.5) is 0 Å². The van der Waals surface area contributed by atoms with Crippen molar-refractivity contribution in [2.24, 2.45) is 10.4 Å². The van der Waals surface area contributed by atoms with Gasteiger partial charge in [0.1, 0.15) is 0 Å². The highest BCUT2D eigenvalue weighted by Gasteiger charge is 2.39. The van der Waals surface area contributed by atoms with Gasteiger partial charge in [0.05, 0.1) is 17.7 Å². The Balaban J connectivity index is 0.00000192. The topological polar surface area (TPSA) is 40.5 Å². The minimum absolute atomic E-state index is 0. The van der Waals surface area contributed by atoms with Gasteiger partial charge in [-0.25, -0.2) is 9.98 Å². The van der Waals surface area contributed by atoms with Crippen molar-refractivity contribution in [1.29, 1.82) is 0 Å². The second kappa shape index (κ2) is 8.65. The van der Waals surface area contributed by atoms with Gasteiger partial charge < -0.3 is 10.2 Å². The average molecular weight is 448 g/mol. The van der Waals surface area contributed by atoms with E-state index in [9.17, 15) is 0 Å². The number of rotatable bonds is 3. The summed E-state index contributed by atoms with van der Waals surface area (Å²) in [5.41, 5.74) is 3.62. The van der Waals surface area contributed by atoms with E-state index in [4.69, 9.17) is 4.99 Å². The van der Waals surface area contributed by atoms with Crippen molar-refractivity contribution in [3.63, 3.8) is 0 Å². The summed E-state index contributed by atoms with van der Waals surface area (Å²) in [5.74, 6) is 1.10. The summed E-state index contributed by atoms with van der Waals surface area (Å²) in [4.78, 5) is 13.0. The third-order valence-electron chi connectivity index (χ3n) is 5.20. The Morgan fingerprint density at radius 2 is 2.13 bits per heavy atom. The van der Waals surface area contributed by atoms with E-state index in [1.165, 1.54) is 49.9 Å². The van der Waals surface area contributed by atoms with Crippen molar-refractivity contribution in [3.05, 3.63) is 16.1 Å². The smallest absolute Gasteiger partial charge is 0.194 e. The lowest BCUT2D eigenvalue weighted by molar-refractivity contribution is 0.203. The number of hydrogen-bond acceptors (Lipinski definition) is 3. The number of nitrogens with zero attached hydrogens (tertiary/aromatic N) is 3. The predicted octanol–water partition coefficient (Wildman–Crippen LogP) is 4.19. The molecule has 1 aromatic rings. The lowest BCUT2D eigenvalue weighted by Crippen LogP contribution is -2.41. The molecule has 130 valence electrons. The standard InChI is InChI=1S/C17H28N4S.HI/c1-3-18-16(19-11-15-14(2)20-13-22-15)21-10-9-17(12-21)7-5-4-6-8-17;/h13H,3-12H2,1-2H3,(H,18,19);1H. The van der Waals surface area contributed by atoms with Crippen LogP contribution in [0.25, 0.3) is 0 Å². The molecule has 1 aliphatic carbocycles. The second-order valence-corrected chi connectivity index (χ2v) is 7.70. The maximum Gasteiger partial charge on any atom is 0.194 e. The van der Waals surface area contributed by atoms with Crippen LogP contribution in [0, 0.1) is 12.3 Å². The van der Waals surface area contributed by atoms with Crippen LogP contribution in [0.3, 0.4) is 0 Å². The number of nitrogens with one attached hydrogen (secondary N) is 1. The van der Waals surface area contributed by atoms with Gasteiger partial charge in [-0.15, -0.1) is 35.3 Å². The third kappa shape index (κ3) is 4.59. The molecule has 0 radical (unpaired) electrons. The van der Waals surface area contributed by atoms with Gasteiger partial charge in [-0.3, -0.25) is 0 Å². The lowest BCUT2D eigenvalue weighted by atomic mass is 9.73. The Labute approximate surface area is 161 Å². The van der Waals surface area contributed by atoms with Crippen LogP contribution in [0.1, 0.15) is 56.0 Å². The van der Waals surface area contributed by atoms with Gasteiger partial charge in [0, 0.05) is 24.5 Å². The fourth-order valence-electron chi connectivity index (χ4n) is 3.88. The van der Waals surface area contributed by atoms with Crippen LogP contribution in [0.15, 0.2) is 10.5 Å². The number of thiazole rings is 1. The van der Waals surface area contributed by atoms with Gasteiger partial charge in [-0.05, 0) is 38.5 Å². The molecule has 2 aliphatic rings. The molecular weight excluding hydrogens is 419 g/mol. The Hall–Kier alpha value is -0.370. The lowest BCUT2D eigenvalue weighted by Gasteiger charge is -2.33. The maximum absolute atomic E-state index is 4.88. The van der Waals surface area contributed by atoms with Crippen LogP contribution in [0.5, 0.6) is 0 Å². The molecule has 1 spiro atoms. The molecule has 0 atom stereocenters. The van der Waals surface area contributed by atoms with E-state index < -0.39 is 0 Å². The van der Waals surface area contributed by atoms with Crippen molar-refractivity contribution in [3.8, 4) is 0 Å². The monoisotopic (exact) mass is 448 g/mol. The third-order valence-corrected chi connectivity index (χ3v) is 6.12. The minimum Gasteiger partial charge on any atom is -0.357 e. The van der Waals surface area contributed by atoms with Gasteiger partial charge in [0.2, 0.25) is 0 Å². The van der Waals surface area contributed by atoms with Crippen molar-refractivity contribution in [2.75, 3.05) is 19.6 Å². The van der Waals surface area contributed by atoms with Gasteiger partial charge in [-0.2, -0.15) is 0 Å². The van der Waals surface area contributed by atoms with Crippen molar-refractivity contribution < 1.29 is 0 Å². The molecule has 6 heteroatoms. The SMILES string of the molecule is CCNC(=NCc1scnc1C)N1CCC2(CCCCC2)C1.I. The zero-order valence-electron chi connectivity index (χ0n) is 14.3. The van der Waals surface area contributed by atoms with Crippen LogP contribution in [-0.2, 0) is 6.54 Å². The Morgan fingerprint density at radius 3 is 2.78 bits per heavy atom. The summed E-state index contributed by atoms with van der Waals surface area (Å²) in [6.45, 7) is 8.27. The molecular formula is C17H29IN4S. The van der Waals surface area contributed by atoms with E-state index >= 15 is 0 Å². The molecule has 0 unspecified atom stereocenters. The van der Waals surface area contributed by atoms with Gasteiger partial charge in [0.15, 0.2) is 5.96 Å². The molecule has 0 bridgehead atoms. The van der Waals surface area contributed by atoms with E-state index in [1.807, 2.05) is 5.51 Å². The molecule has 2 heterocycles. The molecule has 2 fully saturated rings. The summed E-state index contributed by atoms with van der Waals surface area (Å²) in [6, 6.07) is 0. The summed E-state index contributed by atoms with van der Waals surface area (Å²) < 4.78 is 0. The minimum atomic E-state index is 0. The van der Waals surface area contributed by atoms with Gasteiger partial charge >= 0.3 is 0 Å². The molecule has 1 aliphatic heterocycles. The molecule has 4 nitrogen and oxygen atoms in total. The van der Waals surface area contributed by atoms with E-state index in [0.29, 0.717) is 5.41 Å². The van der Waals surface area contributed by atoms with Gasteiger partial charge in [0.25, 0.3) is 0 Å². The largest absolute Gasteiger partial charge is 0.357 e. The first kappa shape index (κ1) is 19.0. The quantitative estimate of drug-likeness (QED) is 0.428. The summed E-state index contributed by atoms with van der Waals surface area (Å²) in [5, 5.41) is 3.49. The molecule has 23 heavy (non-hydrogen) atoms. The molecule has 0 aromatic carbocycles. The molecule has 3 rings (SSSR count). The van der Waals surface area contributed by atoms with E-state index in [1.54, 1.807) is 11.3 Å². The molecule has 1 saturated carbocycles. The summed E-state index contributed by atoms with van der Waals surface area (Å²) in [6.07, 6.45) is 8.44. The maximum atomic E-state index is 4.88. The fourth-order valence-corrected chi connectivity index (χ4v) is 4.58. The molecule has 1 N–H and O–H groups in total. The normalized spacial score (nSPS) is 20.6. The zero-order valence-corrected chi connectivity index (χ0v) is 17.5. The highest BCUT2D eigenvalue weighted by molar-refractivity contribution is 14.0. The Morgan fingerprint density at radius 1 is 1.35 bits per heavy atom. The number of aromatic nitrogens is 1. The van der Waals surface area contributed by atoms with E-state index in [-0.39, 0.29) is 24.0 Å². The van der Waals surface area contributed by atoms with Crippen LogP contribution in [0.2, 0.25) is 0 Å². The Kier molecular flexibility index (Phi) is 7.13. The number of halogens is 1. The van der Waals surface area contributed by atoms with Crippen molar-refractivity contribution >= 4 is 41.3 Å². The molecule has 0 amide bonds. The number of likely N-dealkylation sites (tertiary alicyclic amines) is 1. The number of hydrogen-bond donors (Lipinski definition) is 1. The number of aryl methyl sites for hydroxylation is 1. The summed E-state index contributed by atoms with van der Waals surface area (Å²) >= 11 is 1.71. The number of aliphatic imine (C=N–C) groups is 1. The highest BCUT2D eigenvalue weighted by atomic mass is 127. The summed E-state index contributed by atoms with van der Waals surface area (Å²) in [7, 11) is 0. The van der Waals surface area contributed by atoms with E-state index in [2.05, 4.69) is 29.0 Å². The molecule has 1 saturated heterocycles. The predicted molar refractivity (Wildman–Crippen MR) is 109 cm³/mol.